The van der Waals surface area contributed by atoms with E-state index >= 15 is 0 Å². The number of hydrogen-bond donors (Lipinski definition) is 1. The van der Waals surface area contributed by atoms with E-state index in [1.54, 1.807) is 12.1 Å². The lowest BCUT2D eigenvalue weighted by molar-refractivity contribution is -0.130. The fourth-order valence-corrected chi connectivity index (χ4v) is 4.14. The molecule has 1 fully saturated rings. The summed E-state index contributed by atoms with van der Waals surface area (Å²) in [7, 11) is 0. The quantitative estimate of drug-likeness (QED) is 0.542. The summed E-state index contributed by atoms with van der Waals surface area (Å²) in [6.07, 6.45) is -0.518. The Bertz CT molecular complexity index is 1250. The van der Waals surface area contributed by atoms with Gasteiger partial charge in [0.15, 0.2) is 5.82 Å². The number of halogens is 2. The van der Waals surface area contributed by atoms with Gasteiger partial charge < -0.3 is 14.8 Å². The number of aromatic amines is 1. The Morgan fingerprint density at radius 1 is 0.968 bits per heavy atom. The molecule has 0 bridgehead atoms. The first-order chi connectivity index (χ1) is 15.1. The molecule has 0 atom stereocenters. The summed E-state index contributed by atoms with van der Waals surface area (Å²) in [6.45, 7) is 2.10. The maximum Gasteiger partial charge on any atom is 0.297 e. The number of H-pyrrole nitrogens is 1. The van der Waals surface area contributed by atoms with E-state index in [-0.39, 0.29) is 5.91 Å². The van der Waals surface area contributed by atoms with Crippen molar-refractivity contribution in [1.82, 2.24) is 19.9 Å². The standard InChI is InChI=1S/C23H21F2N5O/c24-21(25)22-27-19-8-4-2-6-17(19)23(28-22)30-11-9-29(10-12-30)20(31)13-15-14-26-18-7-3-1-5-16(15)18/h1-8,14,21,26H,9-13H2. The zero-order valence-corrected chi connectivity index (χ0v) is 16.8. The minimum absolute atomic E-state index is 0.0604. The molecule has 8 heteroatoms. The van der Waals surface area contributed by atoms with Gasteiger partial charge in [-0.2, -0.15) is 0 Å². The van der Waals surface area contributed by atoms with Crippen LogP contribution in [0.25, 0.3) is 21.8 Å². The monoisotopic (exact) mass is 421 g/mol. The Hall–Kier alpha value is -3.55. The molecule has 158 valence electrons. The van der Waals surface area contributed by atoms with Crippen LogP contribution in [0.15, 0.2) is 54.7 Å². The number of carbonyl (C=O) groups excluding carboxylic acids is 1. The van der Waals surface area contributed by atoms with Gasteiger partial charge in [-0.05, 0) is 23.8 Å². The van der Waals surface area contributed by atoms with Crippen molar-refractivity contribution in [3.05, 3.63) is 66.1 Å². The highest BCUT2D eigenvalue weighted by atomic mass is 19.3. The summed E-state index contributed by atoms with van der Waals surface area (Å²) in [4.78, 5) is 28.0. The van der Waals surface area contributed by atoms with Crippen LogP contribution in [0.2, 0.25) is 0 Å². The SMILES string of the molecule is O=C(Cc1c[nH]c2ccccc12)N1CCN(c2nc(C(F)F)nc3ccccc23)CC1. The molecule has 0 saturated carbocycles. The maximum absolute atomic E-state index is 13.3. The van der Waals surface area contributed by atoms with Crippen molar-refractivity contribution in [2.45, 2.75) is 12.8 Å². The van der Waals surface area contributed by atoms with Gasteiger partial charge in [0.05, 0.1) is 11.9 Å². The van der Waals surface area contributed by atoms with Crippen LogP contribution in [0, 0.1) is 0 Å². The summed E-state index contributed by atoms with van der Waals surface area (Å²) in [5, 5.41) is 1.80. The van der Waals surface area contributed by atoms with Crippen LogP contribution >= 0.6 is 0 Å². The first-order valence-corrected chi connectivity index (χ1v) is 10.2. The Kier molecular flexibility index (Phi) is 4.97. The minimum Gasteiger partial charge on any atom is -0.361 e. The number of para-hydroxylation sites is 2. The number of nitrogens with one attached hydrogen (secondary N) is 1. The van der Waals surface area contributed by atoms with Crippen LogP contribution in [-0.2, 0) is 11.2 Å². The van der Waals surface area contributed by atoms with Gasteiger partial charge in [-0.25, -0.2) is 18.7 Å². The van der Waals surface area contributed by atoms with Crippen LogP contribution in [0.4, 0.5) is 14.6 Å². The predicted molar refractivity (Wildman–Crippen MR) is 115 cm³/mol. The average Bonchev–Trinajstić information content (AvgIpc) is 3.21. The highest BCUT2D eigenvalue weighted by molar-refractivity contribution is 5.90. The zero-order chi connectivity index (χ0) is 21.4. The molecular formula is C23H21F2N5O. The summed E-state index contributed by atoms with van der Waals surface area (Å²) >= 11 is 0. The highest BCUT2D eigenvalue weighted by Gasteiger charge is 2.25. The number of rotatable bonds is 4. The van der Waals surface area contributed by atoms with Gasteiger partial charge in [-0.15, -0.1) is 0 Å². The molecule has 6 nitrogen and oxygen atoms in total. The van der Waals surface area contributed by atoms with E-state index in [1.807, 2.05) is 52.4 Å². The molecule has 31 heavy (non-hydrogen) atoms. The summed E-state index contributed by atoms with van der Waals surface area (Å²) in [5.74, 6) is 0.0985. The second-order valence-electron chi connectivity index (χ2n) is 7.63. The predicted octanol–water partition coefficient (Wildman–Crippen LogP) is 3.94. The first kappa shape index (κ1) is 19.4. The average molecular weight is 421 g/mol. The second kappa shape index (κ2) is 7.94. The van der Waals surface area contributed by atoms with Gasteiger partial charge in [0.2, 0.25) is 5.91 Å². The van der Waals surface area contributed by atoms with Crippen LogP contribution in [0.1, 0.15) is 17.8 Å². The van der Waals surface area contributed by atoms with Gasteiger partial charge in [0.1, 0.15) is 5.82 Å². The van der Waals surface area contributed by atoms with Crippen LogP contribution < -0.4 is 4.90 Å². The third kappa shape index (κ3) is 3.69. The van der Waals surface area contributed by atoms with Crippen molar-refractivity contribution in [1.29, 1.82) is 0 Å². The molecule has 1 aliphatic rings. The summed E-state index contributed by atoms with van der Waals surface area (Å²) in [5.41, 5.74) is 2.49. The van der Waals surface area contributed by atoms with E-state index in [0.717, 1.165) is 21.9 Å². The Balaban J connectivity index is 1.32. The Labute approximate surface area is 177 Å². The van der Waals surface area contributed by atoms with Gasteiger partial charge in [0.25, 0.3) is 6.43 Å². The first-order valence-electron chi connectivity index (χ1n) is 10.2. The van der Waals surface area contributed by atoms with Gasteiger partial charge in [-0.1, -0.05) is 30.3 Å². The maximum atomic E-state index is 13.3. The molecule has 0 radical (unpaired) electrons. The molecule has 0 unspecified atom stereocenters. The van der Waals surface area contributed by atoms with E-state index in [0.29, 0.717) is 43.9 Å². The van der Waals surface area contributed by atoms with Crippen LogP contribution in [0.5, 0.6) is 0 Å². The number of piperazine rings is 1. The number of anilines is 1. The summed E-state index contributed by atoms with van der Waals surface area (Å²) in [6, 6.07) is 15.1. The van der Waals surface area contributed by atoms with E-state index in [1.165, 1.54) is 0 Å². The second-order valence-corrected chi connectivity index (χ2v) is 7.63. The van der Waals surface area contributed by atoms with E-state index in [4.69, 9.17) is 0 Å². The largest absolute Gasteiger partial charge is 0.361 e. The fourth-order valence-electron chi connectivity index (χ4n) is 4.14. The molecule has 1 N–H and O–H groups in total. The summed E-state index contributed by atoms with van der Waals surface area (Å²) < 4.78 is 26.6. The molecular weight excluding hydrogens is 400 g/mol. The topological polar surface area (TPSA) is 65.1 Å². The molecule has 0 spiro atoms. The highest BCUT2D eigenvalue weighted by Crippen LogP contribution is 2.28. The van der Waals surface area contributed by atoms with Crippen molar-refractivity contribution in [3.8, 4) is 0 Å². The van der Waals surface area contributed by atoms with Crippen LogP contribution in [0.3, 0.4) is 0 Å². The van der Waals surface area contributed by atoms with E-state index in [2.05, 4.69) is 15.0 Å². The van der Waals surface area contributed by atoms with Gasteiger partial charge in [-0.3, -0.25) is 4.79 Å². The number of hydrogen-bond acceptors (Lipinski definition) is 4. The number of nitrogens with zero attached hydrogens (tertiary/aromatic N) is 4. The smallest absolute Gasteiger partial charge is 0.297 e. The van der Waals surface area contributed by atoms with Crippen molar-refractivity contribution < 1.29 is 13.6 Å². The number of aromatic nitrogens is 3. The molecule has 4 aromatic rings. The molecule has 2 aromatic heterocycles. The van der Waals surface area contributed by atoms with Crippen LogP contribution in [-0.4, -0.2) is 51.9 Å². The normalized spacial score (nSPS) is 14.7. The van der Waals surface area contributed by atoms with Gasteiger partial charge in [0, 0.05) is 48.7 Å². The van der Waals surface area contributed by atoms with E-state index in [9.17, 15) is 13.6 Å². The molecule has 1 aliphatic heterocycles. The zero-order valence-electron chi connectivity index (χ0n) is 16.8. The number of carbonyl (C=O) groups is 1. The number of benzene rings is 2. The molecule has 2 aromatic carbocycles. The third-order valence-corrected chi connectivity index (χ3v) is 5.74. The molecule has 5 rings (SSSR count). The fraction of sp³-hybridized carbons (Fsp3) is 0.261. The van der Waals surface area contributed by atoms with Crippen molar-refractivity contribution in [3.63, 3.8) is 0 Å². The Morgan fingerprint density at radius 2 is 1.68 bits per heavy atom. The number of fused-ring (bicyclic) bond motifs is 2. The molecule has 1 saturated heterocycles. The molecule has 3 heterocycles. The third-order valence-electron chi connectivity index (χ3n) is 5.74. The lowest BCUT2D eigenvalue weighted by Gasteiger charge is -2.36. The van der Waals surface area contributed by atoms with Crippen molar-refractivity contribution >= 4 is 33.5 Å². The number of amides is 1. The minimum atomic E-state index is -2.73. The molecule has 1 amide bonds. The van der Waals surface area contributed by atoms with Crippen molar-refractivity contribution in [2.24, 2.45) is 0 Å². The lowest BCUT2D eigenvalue weighted by atomic mass is 10.1. The van der Waals surface area contributed by atoms with E-state index < -0.39 is 12.2 Å². The lowest BCUT2D eigenvalue weighted by Crippen LogP contribution is -2.49. The molecule has 0 aliphatic carbocycles. The van der Waals surface area contributed by atoms with Crippen molar-refractivity contribution in [2.75, 3.05) is 31.1 Å². The number of alkyl halides is 2. The Morgan fingerprint density at radius 3 is 2.45 bits per heavy atom. The van der Waals surface area contributed by atoms with Gasteiger partial charge >= 0.3 is 0 Å².